The lowest BCUT2D eigenvalue weighted by Gasteiger charge is -2.24. The van der Waals surface area contributed by atoms with E-state index in [9.17, 15) is 0 Å². The molecule has 100 valence electrons. The zero-order valence-electron chi connectivity index (χ0n) is 12.1. The van der Waals surface area contributed by atoms with Gasteiger partial charge in [-0.05, 0) is 75.2 Å². The SMILES string of the molecule is CNCCC(c1ccc(C)c(C)c1)C1CCCC1. The van der Waals surface area contributed by atoms with Gasteiger partial charge >= 0.3 is 0 Å². The van der Waals surface area contributed by atoms with Crippen LogP contribution in [0.1, 0.15) is 54.7 Å². The van der Waals surface area contributed by atoms with Crippen LogP contribution in [0.4, 0.5) is 0 Å². The van der Waals surface area contributed by atoms with Crippen LogP contribution in [0.3, 0.4) is 0 Å². The Morgan fingerprint density at radius 1 is 1.17 bits per heavy atom. The van der Waals surface area contributed by atoms with Gasteiger partial charge in [0, 0.05) is 0 Å². The van der Waals surface area contributed by atoms with E-state index in [0.717, 1.165) is 18.4 Å². The summed E-state index contributed by atoms with van der Waals surface area (Å²) in [6.07, 6.45) is 7.02. The number of rotatable bonds is 5. The molecule has 1 unspecified atom stereocenters. The van der Waals surface area contributed by atoms with Crippen LogP contribution >= 0.6 is 0 Å². The molecule has 1 aliphatic carbocycles. The highest BCUT2D eigenvalue weighted by atomic mass is 14.8. The van der Waals surface area contributed by atoms with Crippen molar-refractivity contribution in [1.82, 2.24) is 5.32 Å². The average Bonchev–Trinajstić information content (AvgIpc) is 2.88. The summed E-state index contributed by atoms with van der Waals surface area (Å²) in [5.41, 5.74) is 4.43. The Morgan fingerprint density at radius 2 is 1.89 bits per heavy atom. The largest absolute Gasteiger partial charge is 0.320 e. The topological polar surface area (TPSA) is 12.0 Å². The quantitative estimate of drug-likeness (QED) is 0.820. The van der Waals surface area contributed by atoms with Gasteiger partial charge in [0.05, 0.1) is 0 Å². The molecule has 1 heteroatoms. The summed E-state index contributed by atoms with van der Waals surface area (Å²) in [6, 6.07) is 7.08. The fraction of sp³-hybridized carbons (Fsp3) is 0.647. The molecular weight excluding hydrogens is 218 g/mol. The Labute approximate surface area is 112 Å². The molecule has 0 saturated heterocycles. The Kier molecular flexibility index (Phi) is 4.82. The van der Waals surface area contributed by atoms with Crippen molar-refractivity contribution in [3.8, 4) is 0 Å². The lowest BCUT2D eigenvalue weighted by Crippen LogP contribution is -2.17. The molecule has 0 heterocycles. The van der Waals surface area contributed by atoms with Crippen LogP contribution in [-0.2, 0) is 0 Å². The molecule has 0 bridgehead atoms. The van der Waals surface area contributed by atoms with Crippen molar-refractivity contribution in [1.29, 1.82) is 0 Å². The summed E-state index contributed by atoms with van der Waals surface area (Å²) in [6.45, 7) is 5.58. The molecule has 0 spiro atoms. The highest BCUT2D eigenvalue weighted by Crippen LogP contribution is 2.39. The Bertz CT molecular complexity index is 377. The van der Waals surface area contributed by atoms with E-state index < -0.39 is 0 Å². The minimum atomic E-state index is 0.763. The van der Waals surface area contributed by atoms with Crippen molar-refractivity contribution in [2.75, 3.05) is 13.6 Å². The normalized spacial score (nSPS) is 18.2. The summed E-state index contributed by atoms with van der Waals surface area (Å²) in [5, 5.41) is 3.32. The number of aryl methyl sites for hydroxylation is 2. The molecule has 0 aromatic heterocycles. The zero-order chi connectivity index (χ0) is 13.0. The molecule has 0 radical (unpaired) electrons. The van der Waals surface area contributed by atoms with Crippen molar-refractivity contribution < 1.29 is 0 Å². The van der Waals surface area contributed by atoms with Gasteiger partial charge in [-0.3, -0.25) is 0 Å². The van der Waals surface area contributed by atoms with Gasteiger partial charge in [-0.25, -0.2) is 0 Å². The van der Waals surface area contributed by atoms with E-state index in [1.165, 1.54) is 43.2 Å². The molecule has 1 N–H and O–H groups in total. The molecule has 1 saturated carbocycles. The van der Waals surface area contributed by atoms with Crippen LogP contribution in [0.2, 0.25) is 0 Å². The minimum absolute atomic E-state index is 0.763. The first-order valence-electron chi connectivity index (χ1n) is 7.44. The highest BCUT2D eigenvalue weighted by Gasteiger charge is 2.25. The first-order chi connectivity index (χ1) is 8.72. The lowest BCUT2D eigenvalue weighted by molar-refractivity contribution is 0.407. The maximum absolute atomic E-state index is 3.32. The number of hydrogen-bond donors (Lipinski definition) is 1. The molecule has 1 aromatic rings. The van der Waals surface area contributed by atoms with Gasteiger partial charge < -0.3 is 5.32 Å². The van der Waals surface area contributed by atoms with E-state index in [-0.39, 0.29) is 0 Å². The van der Waals surface area contributed by atoms with Gasteiger partial charge in [0.15, 0.2) is 0 Å². The first kappa shape index (κ1) is 13.6. The summed E-state index contributed by atoms with van der Waals surface area (Å²) in [7, 11) is 2.06. The molecule has 1 nitrogen and oxygen atoms in total. The highest BCUT2D eigenvalue weighted by molar-refractivity contribution is 5.32. The summed E-state index contributed by atoms with van der Waals surface area (Å²) < 4.78 is 0. The molecule has 0 amide bonds. The Balaban J connectivity index is 2.17. The van der Waals surface area contributed by atoms with Crippen LogP contribution < -0.4 is 5.32 Å². The van der Waals surface area contributed by atoms with Crippen LogP contribution in [0.5, 0.6) is 0 Å². The number of hydrogen-bond acceptors (Lipinski definition) is 1. The van der Waals surface area contributed by atoms with Gasteiger partial charge in [0.1, 0.15) is 0 Å². The molecule has 1 aliphatic rings. The zero-order valence-corrected chi connectivity index (χ0v) is 12.1. The van der Waals surface area contributed by atoms with Gasteiger partial charge in [-0.1, -0.05) is 31.0 Å². The fourth-order valence-electron chi connectivity index (χ4n) is 3.33. The van der Waals surface area contributed by atoms with Crippen molar-refractivity contribution in [2.45, 2.75) is 51.9 Å². The van der Waals surface area contributed by atoms with Gasteiger partial charge in [0.25, 0.3) is 0 Å². The Hall–Kier alpha value is -0.820. The smallest absolute Gasteiger partial charge is 0.00460 e. The first-order valence-corrected chi connectivity index (χ1v) is 7.44. The van der Waals surface area contributed by atoms with Gasteiger partial charge in [-0.15, -0.1) is 0 Å². The fourth-order valence-corrected chi connectivity index (χ4v) is 3.33. The van der Waals surface area contributed by atoms with Crippen LogP contribution in [0, 0.1) is 19.8 Å². The number of benzene rings is 1. The maximum atomic E-state index is 3.32. The van der Waals surface area contributed by atoms with Crippen molar-refractivity contribution in [3.63, 3.8) is 0 Å². The second kappa shape index (κ2) is 6.38. The lowest BCUT2D eigenvalue weighted by atomic mass is 9.81. The van der Waals surface area contributed by atoms with Crippen LogP contribution in [0.25, 0.3) is 0 Å². The van der Waals surface area contributed by atoms with E-state index in [1.54, 1.807) is 5.56 Å². The monoisotopic (exact) mass is 245 g/mol. The second-order valence-electron chi connectivity index (χ2n) is 5.89. The Morgan fingerprint density at radius 3 is 2.50 bits per heavy atom. The summed E-state index contributed by atoms with van der Waals surface area (Å²) in [5.74, 6) is 1.68. The predicted octanol–water partition coefficient (Wildman–Crippen LogP) is 4.19. The van der Waals surface area contributed by atoms with Gasteiger partial charge in [-0.2, -0.15) is 0 Å². The maximum Gasteiger partial charge on any atom is -0.00460 e. The third-order valence-corrected chi connectivity index (χ3v) is 4.63. The standard InChI is InChI=1S/C17H27N/c1-13-8-9-16(12-14(13)2)17(10-11-18-3)15-6-4-5-7-15/h8-9,12,15,17-18H,4-7,10-11H2,1-3H3. The van der Waals surface area contributed by atoms with Gasteiger partial charge in [0.2, 0.25) is 0 Å². The summed E-state index contributed by atoms with van der Waals surface area (Å²) >= 11 is 0. The van der Waals surface area contributed by atoms with Crippen LogP contribution in [-0.4, -0.2) is 13.6 Å². The van der Waals surface area contributed by atoms with E-state index >= 15 is 0 Å². The van der Waals surface area contributed by atoms with Crippen molar-refractivity contribution >= 4 is 0 Å². The van der Waals surface area contributed by atoms with Crippen LogP contribution in [0.15, 0.2) is 18.2 Å². The summed E-state index contributed by atoms with van der Waals surface area (Å²) in [4.78, 5) is 0. The molecule has 18 heavy (non-hydrogen) atoms. The van der Waals surface area contributed by atoms with E-state index in [4.69, 9.17) is 0 Å². The van der Waals surface area contributed by atoms with E-state index in [2.05, 4.69) is 44.4 Å². The number of nitrogens with one attached hydrogen (secondary N) is 1. The molecule has 0 aliphatic heterocycles. The predicted molar refractivity (Wildman–Crippen MR) is 79.2 cm³/mol. The molecule has 2 rings (SSSR count). The van der Waals surface area contributed by atoms with E-state index in [1.807, 2.05) is 0 Å². The third kappa shape index (κ3) is 3.14. The molecule has 1 aromatic carbocycles. The minimum Gasteiger partial charge on any atom is -0.320 e. The second-order valence-corrected chi connectivity index (χ2v) is 5.89. The van der Waals surface area contributed by atoms with Crippen molar-refractivity contribution in [2.24, 2.45) is 5.92 Å². The van der Waals surface area contributed by atoms with E-state index in [0.29, 0.717) is 0 Å². The van der Waals surface area contributed by atoms with Crippen molar-refractivity contribution in [3.05, 3.63) is 34.9 Å². The average molecular weight is 245 g/mol. The molecular formula is C17H27N. The molecule has 1 fully saturated rings. The molecule has 1 atom stereocenters. The third-order valence-electron chi connectivity index (χ3n) is 4.63.